The fourth-order valence-electron chi connectivity index (χ4n) is 4.14. The summed E-state index contributed by atoms with van der Waals surface area (Å²) in [6.45, 7) is 0. The van der Waals surface area contributed by atoms with Crippen LogP contribution < -0.4 is 10.6 Å². The topological polar surface area (TPSA) is 54.0 Å². The summed E-state index contributed by atoms with van der Waals surface area (Å²) in [4.78, 5) is 15.8. The molecule has 11 heteroatoms. The van der Waals surface area contributed by atoms with Crippen molar-refractivity contribution >= 4 is 22.5 Å². The van der Waals surface area contributed by atoms with Gasteiger partial charge in [0.15, 0.2) is 0 Å². The third kappa shape index (κ3) is 5.83. The maximum Gasteiger partial charge on any atom is 0.433 e. The quantitative estimate of drug-likeness (QED) is 0.400. The maximum absolute atomic E-state index is 13.3. The van der Waals surface area contributed by atoms with Crippen LogP contribution in [0.4, 0.5) is 36.4 Å². The number of fused-ring (bicyclic) bond motifs is 1. The summed E-state index contributed by atoms with van der Waals surface area (Å²) >= 11 is 0. The molecule has 0 spiro atoms. The molecule has 0 atom stereocenters. The van der Waals surface area contributed by atoms with Gasteiger partial charge in [-0.3, -0.25) is 4.79 Å². The number of aromatic nitrogens is 1. The Morgan fingerprint density at radius 1 is 0.829 bits per heavy atom. The highest BCUT2D eigenvalue weighted by Crippen LogP contribution is 2.37. The molecule has 2 aromatic carbocycles. The number of nitrogens with one attached hydrogen (secondary N) is 2. The number of pyridine rings is 1. The van der Waals surface area contributed by atoms with Crippen LogP contribution in [0.1, 0.15) is 47.3 Å². The first-order chi connectivity index (χ1) is 16.4. The van der Waals surface area contributed by atoms with Crippen LogP contribution in [0, 0.1) is 5.82 Å². The lowest BCUT2D eigenvalue weighted by molar-refractivity contribution is -0.141. The molecule has 0 bridgehead atoms. The number of carbonyl (C=O) groups excluding carboxylic acids is 1. The first kappa shape index (κ1) is 24.7. The molecule has 0 unspecified atom stereocenters. The minimum Gasteiger partial charge on any atom is -0.382 e. The van der Waals surface area contributed by atoms with E-state index in [9.17, 15) is 35.5 Å². The molecule has 0 aliphatic heterocycles. The lowest BCUT2D eigenvalue weighted by Gasteiger charge is -2.31. The van der Waals surface area contributed by atoms with Crippen LogP contribution in [0.2, 0.25) is 0 Å². The predicted octanol–water partition coefficient (Wildman–Crippen LogP) is 6.56. The number of benzene rings is 2. The van der Waals surface area contributed by atoms with Crippen molar-refractivity contribution in [3.63, 3.8) is 0 Å². The Hall–Kier alpha value is -3.37. The van der Waals surface area contributed by atoms with E-state index in [1.807, 2.05) is 0 Å². The Labute approximate surface area is 195 Å². The van der Waals surface area contributed by atoms with Crippen LogP contribution in [-0.2, 0) is 12.4 Å². The van der Waals surface area contributed by atoms with Gasteiger partial charge >= 0.3 is 12.4 Å². The van der Waals surface area contributed by atoms with Crippen LogP contribution in [0.15, 0.2) is 48.5 Å². The van der Waals surface area contributed by atoms with E-state index in [4.69, 9.17) is 0 Å². The monoisotopic (exact) mass is 499 g/mol. The van der Waals surface area contributed by atoms with Gasteiger partial charge in [-0.05, 0) is 74.2 Å². The Bertz CT molecular complexity index is 1210. The molecule has 1 aliphatic rings. The lowest BCUT2D eigenvalue weighted by Crippen LogP contribution is -2.40. The lowest BCUT2D eigenvalue weighted by atomic mass is 9.90. The Morgan fingerprint density at radius 3 is 2.06 bits per heavy atom. The van der Waals surface area contributed by atoms with Crippen molar-refractivity contribution < 1.29 is 35.5 Å². The van der Waals surface area contributed by atoms with Gasteiger partial charge in [-0.1, -0.05) is 0 Å². The molecule has 1 saturated carbocycles. The van der Waals surface area contributed by atoms with Crippen molar-refractivity contribution in [3.8, 4) is 0 Å². The zero-order valence-corrected chi connectivity index (χ0v) is 18.1. The summed E-state index contributed by atoms with van der Waals surface area (Å²) in [5.41, 5.74) is -2.16. The van der Waals surface area contributed by atoms with Crippen molar-refractivity contribution in [2.45, 2.75) is 50.1 Å². The smallest absolute Gasteiger partial charge is 0.382 e. The van der Waals surface area contributed by atoms with E-state index in [1.165, 1.54) is 24.3 Å². The molecule has 0 saturated heterocycles. The highest BCUT2D eigenvalue weighted by atomic mass is 19.4. The number of amides is 1. The van der Waals surface area contributed by atoms with E-state index in [-0.39, 0.29) is 34.6 Å². The fourth-order valence-corrected chi connectivity index (χ4v) is 4.14. The average Bonchev–Trinajstić information content (AvgIpc) is 2.79. The highest BCUT2D eigenvalue weighted by molar-refractivity contribution is 5.94. The highest BCUT2D eigenvalue weighted by Gasteiger charge is 2.35. The van der Waals surface area contributed by atoms with Gasteiger partial charge in [0.25, 0.3) is 5.91 Å². The van der Waals surface area contributed by atoms with Crippen LogP contribution in [0.5, 0.6) is 0 Å². The summed E-state index contributed by atoms with van der Waals surface area (Å²) in [5.74, 6) is -0.830. The molecule has 1 aromatic heterocycles. The number of hydrogen-bond donors (Lipinski definition) is 2. The molecule has 35 heavy (non-hydrogen) atoms. The summed E-state index contributed by atoms with van der Waals surface area (Å²) in [6, 6.07) is 7.72. The molecule has 3 aromatic rings. The van der Waals surface area contributed by atoms with E-state index in [0.717, 1.165) is 18.2 Å². The van der Waals surface area contributed by atoms with Gasteiger partial charge in [-0.15, -0.1) is 0 Å². The zero-order valence-electron chi connectivity index (χ0n) is 18.1. The molecule has 4 rings (SSSR count). The minimum atomic E-state index is -4.77. The summed E-state index contributed by atoms with van der Waals surface area (Å²) in [5, 5.41) is 5.76. The molecule has 186 valence electrons. The van der Waals surface area contributed by atoms with Gasteiger partial charge < -0.3 is 10.6 Å². The predicted molar refractivity (Wildman–Crippen MR) is 115 cm³/mol. The van der Waals surface area contributed by atoms with Crippen molar-refractivity contribution in [1.29, 1.82) is 0 Å². The standard InChI is InChI=1S/C24H20F7N3O/c25-15-4-1-13(2-5-15)22(35)33-17-8-6-16(7-9-17)32-20-12-21(24(29,30)31)34-19-10-3-14(11-18(19)20)23(26,27)28/h1-5,10-12,16-17H,6-9H2,(H,32,34)(H,33,35)/t16-,17+. The molecule has 1 heterocycles. The second kappa shape index (κ2) is 9.35. The summed E-state index contributed by atoms with van der Waals surface area (Å²) in [7, 11) is 0. The zero-order chi connectivity index (χ0) is 25.4. The molecular weight excluding hydrogens is 479 g/mol. The third-order valence-electron chi connectivity index (χ3n) is 5.95. The van der Waals surface area contributed by atoms with Crippen LogP contribution in [-0.4, -0.2) is 23.0 Å². The van der Waals surface area contributed by atoms with Gasteiger partial charge in [0.05, 0.1) is 11.1 Å². The van der Waals surface area contributed by atoms with Crippen molar-refractivity contribution in [3.05, 3.63) is 71.2 Å². The second-order valence-corrected chi connectivity index (χ2v) is 8.46. The van der Waals surface area contributed by atoms with E-state index < -0.39 is 29.4 Å². The Balaban J connectivity index is 1.50. The Kier molecular flexibility index (Phi) is 6.61. The van der Waals surface area contributed by atoms with Crippen molar-refractivity contribution in [2.75, 3.05) is 5.32 Å². The maximum atomic E-state index is 13.3. The van der Waals surface area contributed by atoms with E-state index in [2.05, 4.69) is 15.6 Å². The first-order valence-electron chi connectivity index (χ1n) is 10.8. The van der Waals surface area contributed by atoms with Crippen molar-refractivity contribution in [1.82, 2.24) is 10.3 Å². The van der Waals surface area contributed by atoms with Gasteiger partial charge in [0.1, 0.15) is 11.5 Å². The van der Waals surface area contributed by atoms with E-state index in [1.54, 1.807) is 0 Å². The number of hydrogen-bond acceptors (Lipinski definition) is 3. The fraction of sp³-hybridized carbons (Fsp3) is 0.333. The molecule has 1 amide bonds. The van der Waals surface area contributed by atoms with E-state index >= 15 is 0 Å². The first-order valence-corrected chi connectivity index (χ1v) is 10.8. The molecule has 0 radical (unpaired) electrons. The number of rotatable bonds is 4. The van der Waals surface area contributed by atoms with Crippen LogP contribution in [0.3, 0.4) is 0 Å². The largest absolute Gasteiger partial charge is 0.433 e. The average molecular weight is 499 g/mol. The third-order valence-corrected chi connectivity index (χ3v) is 5.95. The molecular formula is C24H20F7N3O. The van der Waals surface area contributed by atoms with E-state index in [0.29, 0.717) is 37.3 Å². The van der Waals surface area contributed by atoms with Crippen molar-refractivity contribution in [2.24, 2.45) is 0 Å². The van der Waals surface area contributed by atoms with Gasteiger partial charge in [0.2, 0.25) is 0 Å². The summed E-state index contributed by atoms with van der Waals surface area (Å²) < 4.78 is 92.6. The number of alkyl halides is 6. The second-order valence-electron chi connectivity index (χ2n) is 8.46. The normalized spacial score (nSPS) is 18.9. The minimum absolute atomic E-state index is 0.0560. The van der Waals surface area contributed by atoms with Gasteiger partial charge in [0, 0.05) is 28.7 Å². The molecule has 2 N–H and O–H groups in total. The Morgan fingerprint density at radius 2 is 1.46 bits per heavy atom. The molecule has 1 aliphatic carbocycles. The number of halogens is 7. The van der Waals surface area contributed by atoms with Gasteiger partial charge in [-0.25, -0.2) is 9.37 Å². The van der Waals surface area contributed by atoms with Gasteiger partial charge in [-0.2, -0.15) is 26.3 Å². The molecule has 4 nitrogen and oxygen atoms in total. The van der Waals surface area contributed by atoms with Crippen LogP contribution >= 0.6 is 0 Å². The number of carbonyl (C=O) groups is 1. The number of anilines is 1. The number of nitrogens with zero attached hydrogens (tertiary/aromatic N) is 1. The SMILES string of the molecule is O=C(N[C@H]1CC[C@@H](Nc2cc(C(F)(F)F)nc3ccc(C(F)(F)F)cc23)CC1)c1ccc(F)cc1. The molecule has 1 fully saturated rings. The van der Waals surface area contributed by atoms with Crippen LogP contribution in [0.25, 0.3) is 10.9 Å². The summed E-state index contributed by atoms with van der Waals surface area (Å²) in [6.07, 6.45) is -7.47.